The molecule has 1 aliphatic carbocycles. The summed E-state index contributed by atoms with van der Waals surface area (Å²) in [5, 5.41) is 1.08. The number of benzene rings is 2. The van der Waals surface area contributed by atoms with Gasteiger partial charge in [-0.05, 0) is 23.5 Å². The maximum absolute atomic E-state index is 12.6. The van der Waals surface area contributed by atoms with Crippen LogP contribution in [-0.2, 0) is 15.6 Å². The summed E-state index contributed by atoms with van der Waals surface area (Å²) in [7, 11) is 0. The first-order chi connectivity index (χ1) is 11.0. The fourth-order valence-corrected chi connectivity index (χ4v) is 4.15. The third-order valence-electron chi connectivity index (χ3n) is 5.05. The van der Waals surface area contributed by atoms with Crippen molar-refractivity contribution in [3.63, 3.8) is 0 Å². The Morgan fingerprint density at radius 1 is 1.04 bits per heavy atom. The first-order valence-corrected chi connectivity index (χ1v) is 7.85. The van der Waals surface area contributed by atoms with Crippen LogP contribution in [0.1, 0.15) is 37.2 Å². The molecule has 3 nitrogen and oxygen atoms in total. The summed E-state index contributed by atoms with van der Waals surface area (Å²) in [5.74, 6) is 0.358. The molecule has 2 N–H and O–H groups in total. The molecule has 116 valence electrons. The second-order valence-electron chi connectivity index (χ2n) is 7.00. The van der Waals surface area contributed by atoms with Crippen LogP contribution < -0.4 is 5.73 Å². The Hall–Kier alpha value is -2.55. The third-order valence-corrected chi connectivity index (χ3v) is 5.05. The number of primary amides is 1. The molecule has 0 radical (unpaired) electrons. The van der Waals surface area contributed by atoms with Crippen LogP contribution in [0.25, 0.3) is 11.0 Å². The molecule has 0 aliphatic heterocycles. The highest BCUT2D eigenvalue weighted by Crippen LogP contribution is 2.56. The van der Waals surface area contributed by atoms with Crippen LogP contribution in [0.15, 0.2) is 59.0 Å². The van der Waals surface area contributed by atoms with Crippen molar-refractivity contribution in [2.45, 2.75) is 31.1 Å². The van der Waals surface area contributed by atoms with Crippen molar-refractivity contribution in [3.05, 3.63) is 71.5 Å². The van der Waals surface area contributed by atoms with E-state index in [2.05, 4.69) is 19.9 Å². The van der Waals surface area contributed by atoms with Crippen LogP contribution >= 0.6 is 0 Å². The Kier molecular flexibility index (Phi) is 2.74. The minimum absolute atomic E-state index is 0.188. The van der Waals surface area contributed by atoms with E-state index in [1.54, 1.807) is 0 Å². The largest absolute Gasteiger partial charge is 0.459 e. The molecule has 0 bridgehead atoms. The predicted molar refractivity (Wildman–Crippen MR) is 90.3 cm³/mol. The highest BCUT2D eigenvalue weighted by atomic mass is 16.3. The fourth-order valence-electron chi connectivity index (χ4n) is 4.15. The Morgan fingerprint density at radius 2 is 1.70 bits per heavy atom. The minimum atomic E-state index is -0.904. The number of hydrogen-bond donors (Lipinski definition) is 1. The van der Waals surface area contributed by atoms with Crippen molar-refractivity contribution in [2.75, 3.05) is 0 Å². The van der Waals surface area contributed by atoms with Gasteiger partial charge in [-0.3, -0.25) is 4.79 Å². The molecule has 1 aliphatic rings. The second-order valence-corrected chi connectivity index (χ2v) is 7.00. The average molecular weight is 305 g/mol. The molecule has 3 aromatic rings. The van der Waals surface area contributed by atoms with E-state index in [0.717, 1.165) is 22.1 Å². The summed E-state index contributed by atoms with van der Waals surface area (Å²) < 4.78 is 6.18. The quantitative estimate of drug-likeness (QED) is 0.781. The lowest BCUT2D eigenvalue weighted by molar-refractivity contribution is -0.122. The molecular weight excluding hydrogens is 286 g/mol. The zero-order valence-corrected chi connectivity index (χ0v) is 13.3. The van der Waals surface area contributed by atoms with Gasteiger partial charge in [0.1, 0.15) is 16.8 Å². The summed E-state index contributed by atoms with van der Waals surface area (Å²) in [6.07, 6.45) is 0.623. The Balaban J connectivity index is 2.11. The second kappa shape index (κ2) is 4.48. The van der Waals surface area contributed by atoms with Gasteiger partial charge < -0.3 is 10.2 Å². The highest BCUT2D eigenvalue weighted by molar-refractivity contribution is 5.96. The molecule has 1 unspecified atom stereocenters. The monoisotopic (exact) mass is 305 g/mol. The van der Waals surface area contributed by atoms with Gasteiger partial charge in [0.25, 0.3) is 0 Å². The van der Waals surface area contributed by atoms with Gasteiger partial charge >= 0.3 is 0 Å². The summed E-state index contributed by atoms with van der Waals surface area (Å²) >= 11 is 0. The van der Waals surface area contributed by atoms with E-state index in [0.29, 0.717) is 12.2 Å². The van der Waals surface area contributed by atoms with E-state index in [1.165, 1.54) is 0 Å². The van der Waals surface area contributed by atoms with Crippen molar-refractivity contribution in [1.82, 2.24) is 0 Å². The van der Waals surface area contributed by atoms with Gasteiger partial charge in [-0.25, -0.2) is 0 Å². The first kappa shape index (κ1) is 14.1. The Morgan fingerprint density at radius 3 is 2.39 bits per heavy atom. The third kappa shape index (κ3) is 1.73. The molecule has 0 saturated heterocycles. The molecule has 1 aromatic heterocycles. The molecule has 4 rings (SSSR count). The lowest BCUT2D eigenvalue weighted by Gasteiger charge is -2.28. The number of amides is 1. The van der Waals surface area contributed by atoms with Crippen molar-refractivity contribution in [2.24, 2.45) is 5.73 Å². The van der Waals surface area contributed by atoms with Gasteiger partial charge in [-0.1, -0.05) is 62.4 Å². The van der Waals surface area contributed by atoms with E-state index >= 15 is 0 Å². The van der Waals surface area contributed by atoms with E-state index in [1.807, 2.05) is 48.5 Å². The molecule has 0 fully saturated rings. The lowest BCUT2D eigenvalue weighted by Crippen LogP contribution is -2.41. The molecular formula is C20H19NO2. The molecule has 23 heavy (non-hydrogen) atoms. The first-order valence-electron chi connectivity index (χ1n) is 7.85. The maximum atomic E-state index is 12.6. The van der Waals surface area contributed by atoms with Crippen LogP contribution in [0.4, 0.5) is 0 Å². The number of hydrogen-bond acceptors (Lipinski definition) is 2. The molecule has 1 amide bonds. The number of furan rings is 1. The standard InChI is InChI=1S/C20H19NO2/c1-19(2)12-20(18(21)22,13-8-4-3-5-9-13)17-16(19)14-10-6-7-11-15(14)23-17/h3-11H,12H2,1-2H3,(H2,21,22). The summed E-state index contributed by atoms with van der Waals surface area (Å²) in [4.78, 5) is 12.6. The van der Waals surface area contributed by atoms with Crippen molar-refractivity contribution in [1.29, 1.82) is 0 Å². The SMILES string of the molecule is CC1(C)CC(C(N)=O)(c2ccccc2)c2oc3ccccc3c21. The Bertz CT molecular complexity index is 908. The van der Waals surface area contributed by atoms with E-state index in [-0.39, 0.29) is 11.3 Å². The van der Waals surface area contributed by atoms with Crippen LogP contribution in [-0.4, -0.2) is 5.91 Å². The van der Waals surface area contributed by atoms with Crippen LogP contribution in [0.5, 0.6) is 0 Å². The van der Waals surface area contributed by atoms with Gasteiger partial charge in [0, 0.05) is 10.9 Å². The minimum Gasteiger partial charge on any atom is -0.459 e. The van der Waals surface area contributed by atoms with Crippen LogP contribution in [0.3, 0.4) is 0 Å². The highest BCUT2D eigenvalue weighted by Gasteiger charge is 2.56. The molecule has 0 saturated carbocycles. The Labute approximate surface area is 135 Å². The summed E-state index contributed by atoms with van der Waals surface area (Å²) in [5.41, 5.74) is 7.65. The van der Waals surface area contributed by atoms with E-state index in [9.17, 15) is 4.79 Å². The normalized spacial score (nSPS) is 22.2. The van der Waals surface area contributed by atoms with Gasteiger partial charge in [0.2, 0.25) is 5.91 Å². The molecule has 2 aromatic carbocycles. The number of fused-ring (bicyclic) bond motifs is 3. The molecule has 0 spiro atoms. The average Bonchev–Trinajstić information content (AvgIpc) is 3.03. The van der Waals surface area contributed by atoms with Gasteiger partial charge in [-0.15, -0.1) is 0 Å². The van der Waals surface area contributed by atoms with Gasteiger partial charge in [0.05, 0.1) is 0 Å². The fraction of sp³-hybridized carbons (Fsp3) is 0.250. The molecule has 1 heterocycles. The number of carbonyl (C=O) groups is 1. The van der Waals surface area contributed by atoms with Crippen molar-refractivity contribution < 1.29 is 9.21 Å². The number of nitrogens with two attached hydrogens (primary N) is 1. The zero-order chi connectivity index (χ0) is 16.2. The number of rotatable bonds is 2. The van der Waals surface area contributed by atoms with E-state index < -0.39 is 5.41 Å². The predicted octanol–water partition coefficient (Wildman–Crippen LogP) is 3.89. The number of carbonyl (C=O) groups excluding carboxylic acids is 1. The van der Waals surface area contributed by atoms with Crippen molar-refractivity contribution in [3.8, 4) is 0 Å². The molecule has 3 heteroatoms. The van der Waals surface area contributed by atoms with Crippen molar-refractivity contribution >= 4 is 16.9 Å². The maximum Gasteiger partial charge on any atom is 0.235 e. The van der Waals surface area contributed by atoms with Gasteiger partial charge in [-0.2, -0.15) is 0 Å². The van der Waals surface area contributed by atoms with Crippen LogP contribution in [0, 0.1) is 0 Å². The van der Waals surface area contributed by atoms with E-state index in [4.69, 9.17) is 10.2 Å². The summed E-state index contributed by atoms with van der Waals surface area (Å²) in [6, 6.07) is 17.7. The number of para-hydroxylation sites is 1. The van der Waals surface area contributed by atoms with Gasteiger partial charge in [0.15, 0.2) is 0 Å². The topological polar surface area (TPSA) is 56.2 Å². The molecule has 1 atom stereocenters. The summed E-state index contributed by atoms with van der Waals surface area (Å²) in [6.45, 7) is 4.31. The lowest BCUT2D eigenvalue weighted by atomic mass is 9.74. The van der Waals surface area contributed by atoms with Crippen LogP contribution in [0.2, 0.25) is 0 Å². The zero-order valence-electron chi connectivity index (χ0n) is 13.3. The smallest absolute Gasteiger partial charge is 0.235 e.